The Bertz CT molecular complexity index is 645. The number of ether oxygens (including phenoxy) is 2. The van der Waals surface area contributed by atoms with Gasteiger partial charge >= 0.3 is 0 Å². The lowest BCUT2D eigenvalue weighted by atomic mass is 9.92. The average molecular weight is 333 g/mol. The summed E-state index contributed by atoms with van der Waals surface area (Å²) in [6.07, 6.45) is 0.713. The molecule has 5 heteroatoms. The van der Waals surface area contributed by atoms with Crippen molar-refractivity contribution >= 4 is 11.8 Å². The number of thioether (sulfide) groups is 1. The monoisotopic (exact) mass is 333 g/mol. The van der Waals surface area contributed by atoms with Crippen LogP contribution in [-0.4, -0.2) is 25.3 Å². The summed E-state index contributed by atoms with van der Waals surface area (Å²) in [5.74, 6) is 1.46. The largest absolute Gasteiger partial charge is 0.494 e. The molecule has 0 saturated carbocycles. The van der Waals surface area contributed by atoms with Gasteiger partial charge in [0.2, 0.25) is 0 Å². The van der Waals surface area contributed by atoms with Gasteiger partial charge in [-0.2, -0.15) is 0 Å². The third kappa shape index (κ3) is 3.85. The first kappa shape index (κ1) is 16.3. The summed E-state index contributed by atoms with van der Waals surface area (Å²) >= 11 is 1.57. The summed E-state index contributed by atoms with van der Waals surface area (Å²) in [7, 11) is 1.61. The van der Waals surface area contributed by atoms with Crippen LogP contribution in [0, 0.1) is 0 Å². The Kier molecular flexibility index (Phi) is 5.18. The second-order valence-electron chi connectivity index (χ2n) is 5.56. The van der Waals surface area contributed by atoms with Gasteiger partial charge in [0.25, 0.3) is 0 Å². The van der Waals surface area contributed by atoms with Crippen LogP contribution in [0.3, 0.4) is 0 Å². The summed E-state index contributed by atoms with van der Waals surface area (Å²) in [5, 5.41) is 0.734. The summed E-state index contributed by atoms with van der Waals surface area (Å²) in [6, 6.07) is 13.7. The topological polar surface area (TPSA) is 31.4 Å². The first-order valence-electron chi connectivity index (χ1n) is 7.70. The van der Waals surface area contributed by atoms with Gasteiger partial charge in [0.1, 0.15) is 5.03 Å². The molecule has 2 aromatic rings. The minimum atomic E-state index is -1.40. The second kappa shape index (κ2) is 7.32. The number of nitrogens with zero attached hydrogens (tertiary/aromatic N) is 1. The smallest absolute Gasteiger partial charge is 0.157 e. The summed E-state index contributed by atoms with van der Waals surface area (Å²) in [6.45, 7) is 0.882. The van der Waals surface area contributed by atoms with Crippen molar-refractivity contribution < 1.29 is 13.9 Å². The third-order valence-corrected chi connectivity index (χ3v) is 5.05. The number of pyridine rings is 1. The minimum absolute atomic E-state index is 0.356. The van der Waals surface area contributed by atoms with Gasteiger partial charge in [-0.1, -0.05) is 42.1 Å². The van der Waals surface area contributed by atoms with Crippen LogP contribution in [0.15, 0.2) is 47.5 Å². The Morgan fingerprint density at radius 3 is 2.61 bits per heavy atom. The molecule has 0 unspecified atom stereocenters. The van der Waals surface area contributed by atoms with E-state index in [0.717, 1.165) is 10.8 Å². The Labute approximate surface area is 140 Å². The number of aromatic nitrogens is 1. The van der Waals surface area contributed by atoms with E-state index in [-0.39, 0.29) is 0 Å². The van der Waals surface area contributed by atoms with Gasteiger partial charge in [0.05, 0.1) is 26.0 Å². The SMILES string of the molecule is COc1ccc(C2(F)CCOCC2)nc1SCc1ccccc1. The number of benzene rings is 1. The van der Waals surface area contributed by atoms with Crippen LogP contribution in [0.5, 0.6) is 5.75 Å². The molecular weight excluding hydrogens is 313 g/mol. The molecule has 0 spiro atoms. The normalized spacial score (nSPS) is 17.0. The van der Waals surface area contributed by atoms with Crippen LogP contribution in [-0.2, 0) is 16.2 Å². The molecule has 1 saturated heterocycles. The summed E-state index contributed by atoms with van der Waals surface area (Å²) in [4.78, 5) is 4.56. The molecular formula is C18H20FNO2S. The standard InChI is InChI=1S/C18H20FNO2S/c1-21-15-7-8-16(18(19)9-11-22-12-10-18)20-17(15)23-13-14-5-3-2-4-6-14/h2-8H,9-13H2,1H3. The molecule has 3 nitrogen and oxygen atoms in total. The molecule has 0 radical (unpaired) electrons. The van der Waals surface area contributed by atoms with Crippen LogP contribution >= 0.6 is 11.8 Å². The highest BCUT2D eigenvalue weighted by Crippen LogP contribution is 2.38. The zero-order valence-electron chi connectivity index (χ0n) is 13.1. The summed E-state index contributed by atoms with van der Waals surface area (Å²) in [5.41, 5.74) is 0.289. The van der Waals surface area contributed by atoms with Crippen molar-refractivity contribution in [2.75, 3.05) is 20.3 Å². The lowest BCUT2D eigenvalue weighted by Crippen LogP contribution is -2.30. The lowest BCUT2D eigenvalue weighted by molar-refractivity contribution is -0.0141. The first-order chi connectivity index (χ1) is 11.2. The molecule has 122 valence electrons. The van der Waals surface area contributed by atoms with Crippen LogP contribution in [0.2, 0.25) is 0 Å². The molecule has 1 aliphatic heterocycles. The molecule has 1 aromatic heterocycles. The average Bonchev–Trinajstić information content (AvgIpc) is 2.61. The predicted molar refractivity (Wildman–Crippen MR) is 89.6 cm³/mol. The van der Waals surface area contributed by atoms with Gasteiger partial charge in [0.15, 0.2) is 11.4 Å². The molecule has 1 aromatic carbocycles. The van der Waals surface area contributed by atoms with E-state index in [0.29, 0.717) is 37.5 Å². The third-order valence-electron chi connectivity index (χ3n) is 4.01. The molecule has 0 atom stereocenters. The van der Waals surface area contributed by atoms with Crippen molar-refractivity contribution in [3.63, 3.8) is 0 Å². The predicted octanol–water partition coefficient (Wildman–Crippen LogP) is 4.36. The number of halogens is 1. The van der Waals surface area contributed by atoms with Gasteiger partial charge in [0, 0.05) is 18.6 Å². The van der Waals surface area contributed by atoms with E-state index in [4.69, 9.17) is 9.47 Å². The van der Waals surface area contributed by atoms with Crippen LogP contribution in [0.4, 0.5) is 4.39 Å². The quantitative estimate of drug-likeness (QED) is 0.761. The Balaban J connectivity index is 1.81. The molecule has 23 heavy (non-hydrogen) atoms. The molecule has 3 rings (SSSR count). The molecule has 0 aliphatic carbocycles. The molecule has 2 heterocycles. The van der Waals surface area contributed by atoms with Crippen LogP contribution in [0.1, 0.15) is 24.1 Å². The maximum absolute atomic E-state index is 15.1. The van der Waals surface area contributed by atoms with E-state index < -0.39 is 5.67 Å². The van der Waals surface area contributed by atoms with E-state index >= 15 is 4.39 Å². The van der Waals surface area contributed by atoms with Gasteiger partial charge in [-0.25, -0.2) is 9.37 Å². The number of hydrogen-bond donors (Lipinski definition) is 0. The molecule has 0 bridgehead atoms. The Morgan fingerprint density at radius 1 is 1.17 bits per heavy atom. The van der Waals surface area contributed by atoms with Gasteiger partial charge in [-0.05, 0) is 17.7 Å². The van der Waals surface area contributed by atoms with Crippen molar-refractivity contribution in [2.45, 2.75) is 29.3 Å². The fraction of sp³-hybridized carbons (Fsp3) is 0.389. The zero-order chi connectivity index (χ0) is 16.1. The molecule has 0 N–H and O–H groups in total. The van der Waals surface area contributed by atoms with Crippen molar-refractivity contribution in [3.05, 3.63) is 53.7 Å². The Hall–Kier alpha value is -1.59. The van der Waals surface area contributed by atoms with E-state index in [1.165, 1.54) is 5.56 Å². The lowest BCUT2D eigenvalue weighted by Gasteiger charge is -2.29. The zero-order valence-corrected chi connectivity index (χ0v) is 13.9. The van der Waals surface area contributed by atoms with Crippen LogP contribution < -0.4 is 4.74 Å². The van der Waals surface area contributed by atoms with Crippen molar-refractivity contribution in [1.82, 2.24) is 4.98 Å². The first-order valence-corrected chi connectivity index (χ1v) is 8.69. The number of alkyl halides is 1. The van der Waals surface area contributed by atoms with Crippen molar-refractivity contribution in [1.29, 1.82) is 0 Å². The maximum atomic E-state index is 15.1. The van der Waals surface area contributed by atoms with E-state index in [9.17, 15) is 0 Å². The fourth-order valence-corrected chi connectivity index (χ4v) is 3.57. The Morgan fingerprint density at radius 2 is 1.91 bits per heavy atom. The van der Waals surface area contributed by atoms with Gasteiger partial charge < -0.3 is 9.47 Å². The maximum Gasteiger partial charge on any atom is 0.157 e. The van der Waals surface area contributed by atoms with Crippen molar-refractivity contribution in [3.8, 4) is 5.75 Å². The molecule has 1 aliphatic rings. The van der Waals surface area contributed by atoms with E-state index in [1.54, 1.807) is 24.9 Å². The van der Waals surface area contributed by atoms with Gasteiger partial charge in [-0.3, -0.25) is 0 Å². The highest BCUT2D eigenvalue weighted by molar-refractivity contribution is 7.98. The molecule has 1 fully saturated rings. The highest BCUT2D eigenvalue weighted by Gasteiger charge is 2.36. The fourth-order valence-electron chi connectivity index (χ4n) is 2.61. The number of methoxy groups -OCH3 is 1. The number of rotatable bonds is 5. The number of hydrogen-bond acceptors (Lipinski definition) is 4. The second-order valence-corrected chi connectivity index (χ2v) is 6.52. The van der Waals surface area contributed by atoms with Gasteiger partial charge in [-0.15, -0.1) is 0 Å². The highest BCUT2D eigenvalue weighted by atomic mass is 32.2. The van der Waals surface area contributed by atoms with E-state index in [1.807, 2.05) is 24.3 Å². The minimum Gasteiger partial charge on any atom is -0.494 e. The van der Waals surface area contributed by atoms with Crippen molar-refractivity contribution in [2.24, 2.45) is 0 Å². The van der Waals surface area contributed by atoms with E-state index in [2.05, 4.69) is 17.1 Å². The molecule has 0 amide bonds. The summed E-state index contributed by atoms with van der Waals surface area (Å²) < 4.78 is 25.7. The van der Waals surface area contributed by atoms with Crippen LogP contribution in [0.25, 0.3) is 0 Å².